The summed E-state index contributed by atoms with van der Waals surface area (Å²) < 4.78 is 5.47. The van der Waals surface area contributed by atoms with Crippen molar-refractivity contribution < 1.29 is 39.5 Å². The van der Waals surface area contributed by atoms with Crippen molar-refractivity contribution in [2.24, 2.45) is 5.92 Å². The van der Waals surface area contributed by atoms with Gasteiger partial charge in [0.1, 0.15) is 18.7 Å². The van der Waals surface area contributed by atoms with Gasteiger partial charge in [-0.3, -0.25) is 25.3 Å². The smallest absolute Gasteiger partial charge is 0.328 e. The predicted molar refractivity (Wildman–Crippen MR) is 135 cm³/mol. The molecule has 1 aliphatic carbocycles. The minimum Gasteiger partial charge on any atom is -0.480 e. The van der Waals surface area contributed by atoms with Crippen LogP contribution in [-0.4, -0.2) is 92.5 Å². The van der Waals surface area contributed by atoms with Gasteiger partial charge in [-0.2, -0.15) is 11.8 Å². The molecule has 1 saturated carbocycles. The summed E-state index contributed by atoms with van der Waals surface area (Å²) in [4.78, 5) is 44.5. The number of thioether (sulfide) groups is 1. The molecular formula is C25H37N3O8S. The Hall–Kier alpha value is -2.22. The number of nitrogens with zero attached hydrogens (tertiary/aromatic N) is 2. The van der Waals surface area contributed by atoms with Crippen LogP contribution in [-0.2, 0) is 30.4 Å². The molecule has 1 heterocycles. The summed E-state index contributed by atoms with van der Waals surface area (Å²) in [6, 6.07) is 7.24. The molecule has 2 aliphatic rings. The standard InChI is InChI=1S/C25H37N3O8S/c1-17(26-20(24(30)31)11-10-18-6-3-2-4-7-18)23(29)27-21-9-5-8-19(21)16-22(27)25(32)35-12-14-37-15-13-36-28(33)34/h2-4,6-7,17,19-22,26,33-34H,5,8-16H2,1H3,(H,30,31). The average molecular weight is 540 g/mol. The summed E-state index contributed by atoms with van der Waals surface area (Å²) in [5.41, 5.74) is 1.03. The number of carboxylic acids is 1. The maximum Gasteiger partial charge on any atom is 0.328 e. The Bertz CT molecular complexity index is 890. The predicted octanol–water partition coefficient (Wildman–Crippen LogP) is 2.11. The van der Waals surface area contributed by atoms with Gasteiger partial charge in [-0.15, -0.1) is 0 Å². The number of carbonyl (C=O) groups is 3. The van der Waals surface area contributed by atoms with Gasteiger partial charge in [0.2, 0.25) is 5.91 Å². The molecule has 3 rings (SSSR count). The SMILES string of the molecule is CC(NC(CCc1ccccc1)C(=O)O)C(=O)N1C(C(=O)OCCSCCON(O)O)CC2CCCC21. The van der Waals surface area contributed by atoms with E-state index in [-0.39, 0.29) is 36.5 Å². The summed E-state index contributed by atoms with van der Waals surface area (Å²) in [6.45, 7) is 1.91. The van der Waals surface area contributed by atoms with Gasteiger partial charge in [-0.1, -0.05) is 36.8 Å². The van der Waals surface area contributed by atoms with Crippen molar-refractivity contribution >= 4 is 29.6 Å². The summed E-state index contributed by atoms with van der Waals surface area (Å²) >= 11 is 1.42. The van der Waals surface area contributed by atoms with E-state index in [9.17, 15) is 19.5 Å². The average Bonchev–Trinajstić information content (AvgIpc) is 3.47. The van der Waals surface area contributed by atoms with Gasteiger partial charge in [0.15, 0.2) is 0 Å². The van der Waals surface area contributed by atoms with Crippen LogP contribution >= 0.6 is 11.8 Å². The van der Waals surface area contributed by atoms with Gasteiger partial charge in [0, 0.05) is 17.5 Å². The highest BCUT2D eigenvalue weighted by atomic mass is 32.2. The third-order valence-electron chi connectivity index (χ3n) is 6.96. The van der Waals surface area contributed by atoms with Crippen molar-refractivity contribution in [3.8, 4) is 0 Å². The first-order valence-electron chi connectivity index (χ1n) is 12.7. The van der Waals surface area contributed by atoms with Crippen molar-refractivity contribution in [1.82, 2.24) is 15.6 Å². The monoisotopic (exact) mass is 539 g/mol. The Balaban J connectivity index is 1.54. The van der Waals surface area contributed by atoms with Gasteiger partial charge in [0.25, 0.3) is 0 Å². The van der Waals surface area contributed by atoms with Crippen molar-refractivity contribution in [2.75, 3.05) is 24.7 Å². The molecule has 11 nitrogen and oxygen atoms in total. The molecule has 1 aromatic carbocycles. The Labute approximate surface area is 221 Å². The maximum atomic E-state index is 13.5. The lowest BCUT2D eigenvalue weighted by Crippen LogP contribution is -2.55. The van der Waals surface area contributed by atoms with Crippen LogP contribution in [0.5, 0.6) is 0 Å². The molecule has 5 atom stereocenters. The van der Waals surface area contributed by atoms with Gasteiger partial charge in [-0.25, -0.2) is 9.63 Å². The highest BCUT2D eigenvalue weighted by Gasteiger charge is 2.50. The minimum absolute atomic E-state index is 0.0340. The maximum absolute atomic E-state index is 13.5. The van der Waals surface area contributed by atoms with Crippen molar-refractivity contribution in [3.63, 3.8) is 0 Å². The second kappa shape index (κ2) is 14.6. The first kappa shape index (κ1) is 29.3. The molecular weight excluding hydrogens is 502 g/mol. The van der Waals surface area contributed by atoms with Crippen LogP contribution in [0.25, 0.3) is 0 Å². The largest absolute Gasteiger partial charge is 0.480 e. The van der Waals surface area contributed by atoms with Gasteiger partial charge >= 0.3 is 11.9 Å². The highest BCUT2D eigenvalue weighted by molar-refractivity contribution is 7.99. The number of benzene rings is 1. The van der Waals surface area contributed by atoms with Crippen molar-refractivity contribution in [3.05, 3.63) is 35.9 Å². The normalized spacial score (nSPS) is 22.6. The number of hydrogen-bond donors (Lipinski definition) is 4. The number of esters is 1. The number of aliphatic carboxylic acids is 1. The van der Waals surface area contributed by atoms with E-state index in [1.807, 2.05) is 30.3 Å². The summed E-state index contributed by atoms with van der Waals surface area (Å²) in [5.74, 6) is -0.507. The topological polar surface area (TPSA) is 149 Å². The van der Waals surface area contributed by atoms with Crippen LogP contribution in [0, 0.1) is 5.92 Å². The summed E-state index contributed by atoms with van der Waals surface area (Å²) in [6.07, 6.45) is 4.24. The zero-order valence-electron chi connectivity index (χ0n) is 21.0. The number of rotatable bonds is 15. The fraction of sp³-hybridized carbons (Fsp3) is 0.640. The van der Waals surface area contributed by atoms with E-state index in [1.54, 1.807) is 11.8 Å². The summed E-state index contributed by atoms with van der Waals surface area (Å²) in [5, 5.41) is 29.4. The van der Waals surface area contributed by atoms with Crippen molar-refractivity contribution in [1.29, 1.82) is 0 Å². The number of fused-ring (bicyclic) bond motifs is 1. The number of carboxylic acid groups (broad SMARTS) is 1. The van der Waals surface area contributed by atoms with Crippen LogP contribution in [0.4, 0.5) is 0 Å². The molecule has 206 valence electrons. The molecule has 1 aliphatic heterocycles. The van der Waals surface area contributed by atoms with Crippen LogP contribution in [0.3, 0.4) is 0 Å². The molecule has 0 radical (unpaired) electrons. The molecule has 12 heteroatoms. The zero-order chi connectivity index (χ0) is 26.8. The van der Waals surface area contributed by atoms with Crippen LogP contribution < -0.4 is 5.32 Å². The molecule has 1 amide bonds. The number of nitrogens with one attached hydrogen (secondary N) is 1. The summed E-state index contributed by atoms with van der Waals surface area (Å²) in [7, 11) is 0. The third kappa shape index (κ3) is 8.66. The fourth-order valence-corrected chi connectivity index (χ4v) is 5.82. The first-order valence-corrected chi connectivity index (χ1v) is 13.8. The van der Waals surface area contributed by atoms with E-state index in [4.69, 9.17) is 15.2 Å². The number of amides is 1. The Morgan fingerprint density at radius 2 is 1.89 bits per heavy atom. The molecule has 2 fully saturated rings. The number of aryl methyl sites for hydroxylation is 1. The fourth-order valence-electron chi connectivity index (χ4n) is 5.22. The molecule has 1 aromatic rings. The molecule has 1 saturated heterocycles. The zero-order valence-corrected chi connectivity index (χ0v) is 21.8. The molecule has 4 N–H and O–H groups in total. The van der Waals surface area contributed by atoms with E-state index in [2.05, 4.69) is 10.2 Å². The molecule has 0 aromatic heterocycles. The Kier molecular flexibility index (Phi) is 11.6. The van der Waals surface area contributed by atoms with E-state index < -0.39 is 30.1 Å². The molecule has 37 heavy (non-hydrogen) atoms. The lowest BCUT2D eigenvalue weighted by Gasteiger charge is -2.32. The van der Waals surface area contributed by atoms with Crippen molar-refractivity contribution in [2.45, 2.75) is 69.6 Å². The van der Waals surface area contributed by atoms with Crippen LogP contribution in [0.2, 0.25) is 0 Å². The highest BCUT2D eigenvalue weighted by Crippen LogP contribution is 2.42. The lowest BCUT2D eigenvalue weighted by atomic mass is 10.0. The third-order valence-corrected chi connectivity index (χ3v) is 7.87. The van der Waals surface area contributed by atoms with Gasteiger partial charge in [0.05, 0.1) is 18.0 Å². The first-order chi connectivity index (χ1) is 17.8. The van der Waals surface area contributed by atoms with E-state index in [0.29, 0.717) is 30.8 Å². The van der Waals surface area contributed by atoms with Crippen LogP contribution in [0.15, 0.2) is 30.3 Å². The second-order valence-electron chi connectivity index (χ2n) is 9.42. The van der Waals surface area contributed by atoms with Gasteiger partial charge in [-0.05, 0) is 50.5 Å². The molecule has 5 unspecified atom stereocenters. The minimum atomic E-state index is -1.01. The second-order valence-corrected chi connectivity index (χ2v) is 10.6. The molecule has 0 bridgehead atoms. The number of ether oxygens (including phenoxy) is 1. The van der Waals surface area contributed by atoms with E-state index >= 15 is 0 Å². The van der Waals surface area contributed by atoms with Gasteiger partial charge < -0.3 is 14.7 Å². The molecule has 0 spiro atoms. The number of likely N-dealkylation sites (tertiary alicyclic amines) is 1. The number of hydrogen-bond acceptors (Lipinski definition) is 10. The Morgan fingerprint density at radius 1 is 1.16 bits per heavy atom. The van der Waals surface area contributed by atoms with E-state index in [0.717, 1.165) is 24.8 Å². The quantitative estimate of drug-likeness (QED) is 0.147. The van der Waals surface area contributed by atoms with E-state index in [1.165, 1.54) is 11.8 Å². The Morgan fingerprint density at radius 3 is 2.59 bits per heavy atom. The van der Waals surface area contributed by atoms with Crippen LogP contribution in [0.1, 0.15) is 44.6 Å². The number of carbonyl (C=O) groups excluding carboxylic acids is 2. The lowest BCUT2D eigenvalue weighted by molar-refractivity contribution is -0.490.